The number of hydrogen-bond donors (Lipinski definition) is 1. The van der Waals surface area contributed by atoms with Gasteiger partial charge in [0.1, 0.15) is 12.4 Å². The molecule has 0 fully saturated rings. The van der Waals surface area contributed by atoms with Gasteiger partial charge in [0.25, 0.3) is 0 Å². The van der Waals surface area contributed by atoms with Crippen LogP contribution in [0.2, 0.25) is 0 Å². The summed E-state index contributed by atoms with van der Waals surface area (Å²) in [6.07, 6.45) is 5.76. The molecule has 0 amide bonds. The van der Waals surface area contributed by atoms with Crippen molar-refractivity contribution < 1.29 is 0 Å². The van der Waals surface area contributed by atoms with E-state index in [4.69, 9.17) is 0 Å². The van der Waals surface area contributed by atoms with Crippen molar-refractivity contribution in [1.29, 1.82) is 5.26 Å². The SMILES string of the molecule is CCCc1cn2cnc(C#N)c2n1Cc1ccc(-c2ccccc2-c2nn[nH]n2)cc1. The Bertz CT molecular complexity index is 1370. The van der Waals surface area contributed by atoms with Gasteiger partial charge in [-0.2, -0.15) is 10.5 Å². The second-order valence-electron chi connectivity index (χ2n) is 7.37. The number of aromatic amines is 1. The largest absolute Gasteiger partial charge is 0.323 e. The number of nitrogens with one attached hydrogen (secondary N) is 1. The highest BCUT2D eigenvalue weighted by molar-refractivity contribution is 5.80. The van der Waals surface area contributed by atoms with Crippen molar-refractivity contribution in [3.05, 3.63) is 78.0 Å². The molecule has 1 N–H and O–H groups in total. The van der Waals surface area contributed by atoms with E-state index in [-0.39, 0.29) is 0 Å². The smallest absolute Gasteiger partial charge is 0.205 e. The minimum atomic E-state index is 0.452. The van der Waals surface area contributed by atoms with E-state index < -0.39 is 0 Å². The van der Waals surface area contributed by atoms with Crippen LogP contribution in [0.3, 0.4) is 0 Å². The number of hydrogen-bond acceptors (Lipinski definition) is 5. The summed E-state index contributed by atoms with van der Waals surface area (Å²) in [6.45, 7) is 2.84. The molecule has 0 radical (unpaired) electrons. The Morgan fingerprint density at radius 1 is 1.06 bits per heavy atom. The summed E-state index contributed by atoms with van der Waals surface area (Å²) in [7, 11) is 0. The molecular weight excluding hydrogens is 388 g/mol. The number of aromatic nitrogens is 7. The Hall–Kier alpha value is -4.25. The standard InChI is InChI=1S/C23H20N8/c1-2-5-18-14-30-15-25-21(12-24)23(30)31(18)13-16-8-10-17(11-9-16)19-6-3-4-7-20(19)22-26-28-29-27-22/h3-4,6-11,14-15H,2,5,13H2,1H3,(H,26,27,28,29). The number of nitrogens with zero attached hydrogens (tertiary/aromatic N) is 7. The fourth-order valence-corrected chi connectivity index (χ4v) is 3.97. The molecule has 0 saturated heterocycles. The van der Waals surface area contributed by atoms with Crippen molar-refractivity contribution in [2.24, 2.45) is 0 Å². The lowest BCUT2D eigenvalue weighted by Crippen LogP contribution is -2.05. The Labute approximate surface area is 178 Å². The van der Waals surface area contributed by atoms with Gasteiger partial charge < -0.3 is 4.57 Å². The van der Waals surface area contributed by atoms with Crippen molar-refractivity contribution in [2.75, 3.05) is 0 Å². The Morgan fingerprint density at radius 2 is 1.87 bits per heavy atom. The molecule has 8 heteroatoms. The highest BCUT2D eigenvalue weighted by atomic mass is 15.5. The van der Waals surface area contributed by atoms with E-state index >= 15 is 0 Å². The Balaban J connectivity index is 1.50. The minimum absolute atomic E-state index is 0.452. The molecule has 0 saturated carbocycles. The average Bonchev–Trinajstić information content (AvgIpc) is 3.54. The molecule has 0 bridgehead atoms. The van der Waals surface area contributed by atoms with Crippen LogP contribution in [0, 0.1) is 11.3 Å². The molecule has 2 aromatic carbocycles. The van der Waals surface area contributed by atoms with E-state index in [0.29, 0.717) is 18.1 Å². The maximum Gasteiger partial charge on any atom is 0.205 e. The summed E-state index contributed by atoms with van der Waals surface area (Å²) >= 11 is 0. The van der Waals surface area contributed by atoms with E-state index in [1.54, 1.807) is 6.33 Å². The molecule has 31 heavy (non-hydrogen) atoms. The fraction of sp³-hybridized carbons (Fsp3) is 0.174. The summed E-state index contributed by atoms with van der Waals surface area (Å²) in [6, 6.07) is 18.7. The van der Waals surface area contributed by atoms with E-state index in [9.17, 15) is 5.26 Å². The Morgan fingerprint density at radius 3 is 2.58 bits per heavy atom. The monoisotopic (exact) mass is 408 g/mol. The van der Waals surface area contributed by atoms with Gasteiger partial charge in [0, 0.05) is 24.0 Å². The molecule has 0 atom stereocenters. The van der Waals surface area contributed by atoms with Crippen LogP contribution < -0.4 is 0 Å². The Kier molecular flexibility index (Phi) is 4.77. The van der Waals surface area contributed by atoms with Gasteiger partial charge in [-0.15, -0.1) is 10.2 Å². The van der Waals surface area contributed by atoms with Gasteiger partial charge in [-0.3, -0.25) is 4.40 Å². The molecule has 152 valence electrons. The summed E-state index contributed by atoms with van der Waals surface area (Å²) in [5, 5.41) is 23.9. The average molecular weight is 408 g/mol. The van der Waals surface area contributed by atoms with Gasteiger partial charge in [-0.05, 0) is 28.3 Å². The number of H-pyrrole nitrogens is 1. The third-order valence-corrected chi connectivity index (χ3v) is 5.39. The quantitative estimate of drug-likeness (QED) is 0.460. The molecule has 8 nitrogen and oxygen atoms in total. The molecule has 5 aromatic rings. The summed E-state index contributed by atoms with van der Waals surface area (Å²) in [4.78, 5) is 4.23. The zero-order chi connectivity index (χ0) is 21.2. The third-order valence-electron chi connectivity index (χ3n) is 5.39. The van der Waals surface area contributed by atoms with Gasteiger partial charge >= 0.3 is 0 Å². The van der Waals surface area contributed by atoms with Crippen LogP contribution in [0.15, 0.2) is 61.1 Å². The van der Waals surface area contributed by atoms with Crippen LogP contribution in [-0.2, 0) is 13.0 Å². The predicted molar refractivity (Wildman–Crippen MR) is 116 cm³/mol. The van der Waals surface area contributed by atoms with Crippen molar-refractivity contribution in [1.82, 2.24) is 34.6 Å². The van der Waals surface area contributed by atoms with Crippen LogP contribution in [0.4, 0.5) is 0 Å². The number of nitriles is 1. The summed E-state index contributed by atoms with van der Waals surface area (Å²) in [5.74, 6) is 0.573. The third kappa shape index (κ3) is 3.36. The van der Waals surface area contributed by atoms with Crippen molar-refractivity contribution in [2.45, 2.75) is 26.3 Å². The lowest BCUT2D eigenvalue weighted by atomic mass is 9.98. The molecule has 0 spiro atoms. The number of fused-ring (bicyclic) bond motifs is 1. The highest BCUT2D eigenvalue weighted by Gasteiger charge is 2.15. The normalized spacial score (nSPS) is 11.1. The first-order chi connectivity index (χ1) is 15.3. The second-order valence-corrected chi connectivity index (χ2v) is 7.37. The van der Waals surface area contributed by atoms with Crippen LogP contribution in [0.5, 0.6) is 0 Å². The first-order valence-corrected chi connectivity index (χ1v) is 10.2. The number of imidazole rings is 2. The van der Waals surface area contributed by atoms with E-state index in [1.165, 1.54) is 5.69 Å². The number of benzene rings is 2. The molecule has 0 aliphatic rings. The van der Waals surface area contributed by atoms with Crippen LogP contribution >= 0.6 is 0 Å². The number of aryl methyl sites for hydroxylation is 1. The molecule has 0 unspecified atom stereocenters. The topological polar surface area (TPSA) is 100 Å². The number of rotatable bonds is 6. The first kappa shape index (κ1) is 18.8. The van der Waals surface area contributed by atoms with E-state index in [0.717, 1.165) is 40.7 Å². The van der Waals surface area contributed by atoms with Gasteiger partial charge in [0.2, 0.25) is 5.82 Å². The predicted octanol–water partition coefficient (Wildman–Crippen LogP) is 3.86. The minimum Gasteiger partial charge on any atom is -0.323 e. The van der Waals surface area contributed by atoms with Gasteiger partial charge in [-0.25, -0.2) is 4.98 Å². The summed E-state index contributed by atoms with van der Waals surface area (Å²) < 4.78 is 4.14. The molecule has 5 rings (SSSR count). The molecule has 0 aliphatic heterocycles. The zero-order valence-electron chi connectivity index (χ0n) is 17.0. The molecule has 3 aromatic heterocycles. The zero-order valence-corrected chi connectivity index (χ0v) is 17.0. The first-order valence-electron chi connectivity index (χ1n) is 10.2. The molecular formula is C23H20N8. The fourth-order valence-electron chi connectivity index (χ4n) is 3.97. The van der Waals surface area contributed by atoms with Gasteiger partial charge in [0.05, 0.1) is 0 Å². The van der Waals surface area contributed by atoms with E-state index in [1.807, 2.05) is 22.6 Å². The number of tetrazole rings is 1. The van der Waals surface area contributed by atoms with E-state index in [2.05, 4.69) is 79.7 Å². The van der Waals surface area contributed by atoms with Crippen molar-refractivity contribution in [3.8, 4) is 28.6 Å². The van der Waals surface area contributed by atoms with Gasteiger partial charge in [-0.1, -0.05) is 61.9 Å². The highest BCUT2D eigenvalue weighted by Crippen LogP contribution is 2.30. The van der Waals surface area contributed by atoms with Crippen molar-refractivity contribution in [3.63, 3.8) is 0 Å². The van der Waals surface area contributed by atoms with Crippen LogP contribution in [-0.4, -0.2) is 34.6 Å². The molecule has 0 aliphatic carbocycles. The maximum absolute atomic E-state index is 9.46. The maximum atomic E-state index is 9.46. The van der Waals surface area contributed by atoms with Crippen molar-refractivity contribution >= 4 is 5.65 Å². The summed E-state index contributed by atoms with van der Waals surface area (Å²) in [5.41, 5.74) is 6.71. The molecule has 3 heterocycles. The lowest BCUT2D eigenvalue weighted by Gasteiger charge is -2.11. The van der Waals surface area contributed by atoms with Crippen LogP contribution in [0.1, 0.15) is 30.3 Å². The van der Waals surface area contributed by atoms with Gasteiger partial charge in [0.15, 0.2) is 11.3 Å². The van der Waals surface area contributed by atoms with Crippen LogP contribution in [0.25, 0.3) is 28.2 Å². The second kappa shape index (κ2) is 7.88. The lowest BCUT2D eigenvalue weighted by molar-refractivity contribution is 0.744.